The SMILES string of the molecule is CCOC(=O)Cc1ccc(SC)c(Br)c1. The van der Waals surface area contributed by atoms with Gasteiger partial charge < -0.3 is 4.74 Å². The summed E-state index contributed by atoms with van der Waals surface area (Å²) in [4.78, 5) is 12.4. The van der Waals surface area contributed by atoms with Gasteiger partial charge in [0.05, 0.1) is 13.0 Å². The highest BCUT2D eigenvalue weighted by Crippen LogP contribution is 2.26. The molecule has 1 aromatic carbocycles. The maximum atomic E-state index is 11.2. The summed E-state index contributed by atoms with van der Waals surface area (Å²) in [5.41, 5.74) is 0.970. The smallest absolute Gasteiger partial charge is 0.310 e. The maximum absolute atomic E-state index is 11.2. The molecule has 15 heavy (non-hydrogen) atoms. The van der Waals surface area contributed by atoms with Gasteiger partial charge in [0, 0.05) is 9.37 Å². The molecule has 82 valence electrons. The van der Waals surface area contributed by atoms with Crippen LogP contribution >= 0.6 is 27.7 Å². The van der Waals surface area contributed by atoms with Gasteiger partial charge in [0.15, 0.2) is 0 Å². The molecule has 0 aliphatic heterocycles. The van der Waals surface area contributed by atoms with Crippen LogP contribution in [0.3, 0.4) is 0 Å². The van der Waals surface area contributed by atoms with Crippen LogP contribution in [0, 0.1) is 0 Å². The van der Waals surface area contributed by atoms with E-state index in [2.05, 4.69) is 15.9 Å². The number of hydrogen-bond acceptors (Lipinski definition) is 3. The quantitative estimate of drug-likeness (QED) is 0.628. The zero-order valence-electron chi connectivity index (χ0n) is 8.75. The van der Waals surface area contributed by atoms with Gasteiger partial charge in [-0.25, -0.2) is 0 Å². The van der Waals surface area contributed by atoms with Crippen LogP contribution in [0.25, 0.3) is 0 Å². The standard InChI is InChI=1S/C11H13BrO2S/c1-3-14-11(13)7-8-4-5-10(15-2)9(12)6-8/h4-6H,3,7H2,1-2H3. The fourth-order valence-electron chi connectivity index (χ4n) is 1.20. The third-order valence-corrected chi connectivity index (χ3v) is 3.58. The molecule has 0 N–H and O–H groups in total. The second-order valence-electron chi connectivity index (χ2n) is 2.95. The maximum Gasteiger partial charge on any atom is 0.310 e. The number of thioether (sulfide) groups is 1. The zero-order valence-corrected chi connectivity index (χ0v) is 11.2. The molecule has 2 nitrogen and oxygen atoms in total. The molecule has 0 aliphatic rings. The van der Waals surface area contributed by atoms with Crippen LogP contribution in [0.1, 0.15) is 12.5 Å². The van der Waals surface area contributed by atoms with Gasteiger partial charge in [-0.3, -0.25) is 4.79 Å². The van der Waals surface area contributed by atoms with E-state index in [1.165, 1.54) is 4.90 Å². The van der Waals surface area contributed by atoms with Gasteiger partial charge >= 0.3 is 5.97 Å². The molecule has 0 atom stereocenters. The van der Waals surface area contributed by atoms with Gasteiger partial charge in [0.25, 0.3) is 0 Å². The first-order valence-electron chi connectivity index (χ1n) is 4.65. The summed E-state index contributed by atoms with van der Waals surface area (Å²) in [6.07, 6.45) is 2.35. The van der Waals surface area contributed by atoms with Crippen molar-refractivity contribution in [3.8, 4) is 0 Å². The molecular weight excluding hydrogens is 276 g/mol. The van der Waals surface area contributed by atoms with E-state index in [1.54, 1.807) is 11.8 Å². The Hall–Kier alpha value is -0.480. The van der Waals surface area contributed by atoms with Crippen LogP contribution in [-0.2, 0) is 16.0 Å². The van der Waals surface area contributed by atoms with Crippen LogP contribution in [0.2, 0.25) is 0 Å². The van der Waals surface area contributed by atoms with Crippen molar-refractivity contribution in [2.45, 2.75) is 18.2 Å². The van der Waals surface area contributed by atoms with Crippen molar-refractivity contribution in [1.82, 2.24) is 0 Å². The Morgan fingerprint density at radius 2 is 2.27 bits per heavy atom. The van der Waals surface area contributed by atoms with E-state index >= 15 is 0 Å². The fraction of sp³-hybridized carbons (Fsp3) is 0.364. The third-order valence-electron chi connectivity index (χ3n) is 1.87. The molecule has 0 aliphatic carbocycles. The summed E-state index contributed by atoms with van der Waals surface area (Å²) in [7, 11) is 0. The number of rotatable bonds is 4. The molecule has 4 heteroatoms. The molecule has 0 fully saturated rings. The highest BCUT2D eigenvalue weighted by molar-refractivity contribution is 9.10. The molecule has 0 radical (unpaired) electrons. The molecule has 0 aromatic heterocycles. The lowest BCUT2D eigenvalue weighted by Gasteiger charge is -2.05. The van der Waals surface area contributed by atoms with Crippen LogP contribution < -0.4 is 0 Å². The van der Waals surface area contributed by atoms with Crippen molar-refractivity contribution in [3.05, 3.63) is 28.2 Å². The number of benzene rings is 1. The van der Waals surface area contributed by atoms with Gasteiger partial charge in [-0.05, 0) is 46.8 Å². The van der Waals surface area contributed by atoms with Gasteiger partial charge in [0.1, 0.15) is 0 Å². The molecule has 0 saturated carbocycles. The minimum absolute atomic E-state index is 0.179. The van der Waals surface area contributed by atoms with E-state index in [-0.39, 0.29) is 5.97 Å². The average Bonchev–Trinajstić information content (AvgIpc) is 2.18. The summed E-state index contributed by atoms with van der Waals surface area (Å²) >= 11 is 5.13. The lowest BCUT2D eigenvalue weighted by atomic mass is 10.1. The van der Waals surface area contributed by atoms with E-state index in [9.17, 15) is 4.79 Å². The topological polar surface area (TPSA) is 26.3 Å². The second-order valence-corrected chi connectivity index (χ2v) is 4.65. The summed E-state index contributed by atoms with van der Waals surface area (Å²) < 4.78 is 5.91. The molecule has 0 heterocycles. The van der Waals surface area contributed by atoms with Gasteiger partial charge in [-0.15, -0.1) is 11.8 Å². The molecule has 1 rings (SSSR count). The van der Waals surface area contributed by atoms with Crippen LogP contribution in [0.5, 0.6) is 0 Å². The second kappa shape index (κ2) is 6.18. The van der Waals surface area contributed by atoms with Gasteiger partial charge in [0.2, 0.25) is 0 Å². The van der Waals surface area contributed by atoms with Crippen molar-refractivity contribution in [3.63, 3.8) is 0 Å². The lowest BCUT2D eigenvalue weighted by Crippen LogP contribution is -2.07. The van der Waals surface area contributed by atoms with Crippen molar-refractivity contribution < 1.29 is 9.53 Å². The zero-order chi connectivity index (χ0) is 11.3. The monoisotopic (exact) mass is 288 g/mol. The van der Waals surface area contributed by atoms with E-state index in [4.69, 9.17) is 4.74 Å². The summed E-state index contributed by atoms with van der Waals surface area (Å²) in [5.74, 6) is -0.179. The summed E-state index contributed by atoms with van der Waals surface area (Å²) in [5, 5.41) is 0. The van der Waals surface area contributed by atoms with Crippen LogP contribution in [0.4, 0.5) is 0 Å². The van der Waals surface area contributed by atoms with Crippen molar-refractivity contribution in [1.29, 1.82) is 0 Å². The molecule has 0 bridgehead atoms. The van der Waals surface area contributed by atoms with E-state index in [0.29, 0.717) is 13.0 Å². The van der Waals surface area contributed by atoms with Crippen molar-refractivity contribution in [2.24, 2.45) is 0 Å². The van der Waals surface area contributed by atoms with Gasteiger partial charge in [-0.1, -0.05) is 6.07 Å². The Morgan fingerprint density at radius 3 is 2.80 bits per heavy atom. The minimum atomic E-state index is -0.179. The Kier molecular flexibility index (Phi) is 5.19. The Labute approximate surface area is 103 Å². The lowest BCUT2D eigenvalue weighted by molar-refractivity contribution is -0.142. The van der Waals surface area contributed by atoms with E-state index in [1.807, 2.05) is 31.4 Å². The number of esters is 1. The number of carbonyl (C=O) groups excluding carboxylic acids is 1. The minimum Gasteiger partial charge on any atom is -0.466 e. The van der Waals surface area contributed by atoms with Crippen molar-refractivity contribution >= 4 is 33.7 Å². The average molecular weight is 289 g/mol. The first-order chi connectivity index (χ1) is 7.17. The Balaban J connectivity index is 2.71. The highest BCUT2D eigenvalue weighted by Gasteiger charge is 2.06. The first kappa shape index (κ1) is 12.6. The molecular formula is C11H13BrO2S. The van der Waals surface area contributed by atoms with Crippen molar-refractivity contribution in [2.75, 3.05) is 12.9 Å². The third kappa shape index (κ3) is 3.87. The summed E-state index contributed by atoms with van der Waals surface area (Å²) in [6, 6.07) is 5.92. The predicted octanol–water partition coefficient (Wildman–Crippen LogP) is 3.28. The number of ether oxygens (including phenoxy) is 1. The number of halogens is 1. The predicted molar refractivity (Wildman–Crippen MR) is 66.3 cm³/mol. The van der Waals surface area contributed by atoms with Crippen LogP contribution in [-0.4, -0.2) is 18.8 Å². The molecule has 0 amide bonds. The van der Waals surface area contributed by atoms with E-state index < -0.39 is 0 Å². The molecule has 0 unspecified atom stereocenters. The van der Waals surface area contributed by atoms with Gasteiger partial charge in [-0.2, -0.15) is 0 Å². The largest absolute Gasteiger partial charge is 0.466 e. The molecule has 1 aromatic rings. The molecule has 0 spiro atoms. The normalized spacial score (nSPS) is 10.1. The first-order valence-corrected chi connectivity index (χ1v) is 6.67. The highest BCUT2D eigenvalue weighted by atomic mass is 79.9. The summed E-state index contributed by atoms with van der Waals surface area (Å²) in [6.45, 7) is 2.24. The number of hydrogen-bond donors (Lipinski definition) is 0. The van der Waals surface area contributed by atoms with Crippen LogP contribution in [0.15, 0.2) is 27.6 Å². The Bertz CT molecular complexity index is 352. The van der Waals surface area contributed by atoms with E-state index in [0.717, 1.165) is 10.0 Å². The molecule has 0 saturated heterocycles. The Morgan fingerprint density at radius 1 is 1.53 bits per heavy atom. The fourth-order valence-corrected chi connectivity index (χ4v) is 2.57. The number of carbonyl (C=O) groups is 1.